The number of nitriles is 1. The van der Waals surface area contributed by atoms with Crippen LogP contribution >= 0.6 is 0 Å². The standard InChI is InChI=1S/C15H15N5O2/c1-5-10(6-9(2)8-16)7-11-17-12-13(18-11)19(3)15(22)20(4)14(12)21/h5-6H,1-2,7H2,3-4H3,(H,17,18)/b10-6+. The second-order valence-electron chi connectivity index (χ2n) is 4.83. The summed E-state index contributed by atoms with van der Waals surface area (Å²) in [6, 6.07) is 1.93. The number of hydrogen-bond acceptors (Lipinski definition) is 4. The number of nitrogens with one attached hydrogen (secondary N) is 1. The monoisotopic (exact) mass is 297 g/mol. The van der Waals surface area contributed by atoms with Gasteiger partial charge < -0.3 is 4.98 Å². The molecule has 0 aliphatic heterocycles. The number of allylic oxidation sites excluding steroid dienone is 4. The van der Waals surface area contributed by atoms with E-state index in [0.29, 0.717) is 23.5 Å². The second kappa shape index (κ2) is 5.69. The minimum atomic E-state index is -0.437. The second-order valence-corrected chi connectivity index (χ2v) is 4.83. The molecule has 22 heavy (non-hydrogen) atoms. The first-order valence-electron chi connectivity index (χ1n) is 6.45. The molecular formula is C15H15N5O2. The van der Waals surface area contributed by atoms with Crippen molar-refractivity contribution in [3.63, 3.8) is 0 Å². The van der Waals surface area contributed by atoms with Crippen LogP contribution in [0.5, 0.6) is 0 Å². The lowest BCUT2D eigenvalue weighted by atomic mass is 10.1. The first-order valence-corrected chi connectivity index (χ1v) is 6.45. The van der Waals surface area contributed by atoms with Crippen molar-refractivity contribution in [3.05, 3.63) is 63.1 Å². The molecule has 0 atom stereocenters. The fourth-order valence-corrected chi connectivity index (χ4v) is 2.09. The quantitative estimate of drug-likeness (QED) is 0.663. The number of aryl methyl sites for hydroxylation is 1. The van der Waals surface area contributed by atoms with Crippen molar-refractivity contribution in [3.8, 4) is 6.07 Å². The lowest BCUT2D eigenvalue weighted by molar-refractivity contribution is 0.708. The van der Waals surface area contributed by atoms with Crippen LogP contribution in [-0.4, -0.2) is 19.1 Å². The van der Waals surface area contributed by atoms with Gasteiger partial charge in [0, 0.05) is 26.1 Å². The van der Waals surface area contributed by atoms with Gasteiger partial charge in [0.05, 0.1) is 6.07 Å². The highest BCUT2D eigenvalue weighted by atomic mass is 16.2. The van der Waals surface area contributed by atoms with Gasteiger partial charge in [-0.1, -0.05) is 19.2 Å². The largest absolute Gasteiger partial charge is 0.336 e. The smallest absolute Gasteiger partial charge is 0.332 e. The van der Waals surface area contributed by atoms with Crippen LogP contribution in [0.25, 0.3) is 11.2 Å². The molecular weight excluding hydrogens is 282 g/mol. The van der Waals surface area contributed by atoms with E-state index < -0.39 is 11.2 Å². The number of aromatic amines is 1. The highest BCUT2D eigenvalue weighted by Gasteiger charge is 2.13. The molecule has 0 spiro atoms. The molecule has 0 fully saturated rings. The highest BCUT2D eigenvalue weighted by molar-refractivity contribution is 5.69. The number of H-pyrrole nitrogens is 1. The normalized spacial score (nSPS) is 11.4. The molecule has 1 N–H and O–H groups in total. The van der Waals surface area contributed by atoms with E-state index in [1.165, 1.54) is 11.6 Å². The van der Waals surface area contributed by atoms with Crippen molar-refractivity contribution in [2.45, 2.75) is 6.42 Å². The van der Waals surface area contributed by atoms with Crippen molar-refractivity contribution in [2.75, 3.05) is 0 Å². The Morgan fingerprint density at radius 3 is 2.68 bits per heavy atom. The SMILES string of the molecule is C=C/C(=C\C(=C)C#N)Cc1nc2c([nH]1)c(=O)n(C)c(=O)n2C. The lowest BCUT2D eigenvalue weighted by Gasteiger charge is -2.00. The Labute approximate surface area is 126 Å². The Balaban J connectivity index is 2.56. The van der Waals surface area contributed by atoms with Gasteiger partial charge in [0.2, 0.25) is 0 Å². The van der Waals surface area contributed by atoms with Crippen LogP contribution in [0.2, 0.25) is 0 Å². The number of nitrogens with zero attached hydrogens (tertiary/aromatic N) is 4. The van der Waals surface area contributed by atoms with E-state index >= 15 is 0 Å². The van der Waals surface area contributed by atoms with Crippen LogP contribution in [0.4, 0.5) is 0 Å². The summed E-state index contributed by atoms with van der Waals surface area (Å²) in [6.07, 6.45) is 3.53. The van der Waals surface area contributed by atoms with Gasteiger partial charge in [0.15, 0.2) is 5.65 Å². The third-order valence-corrected chi connectivity index (χ3v) is 3.28. The highest BCUT2D eigenvalue weighted by Crippen LogP contribution is 2.11. The van der Waals surface area contributed by atoms with E-state index in [2.05, 4.69) is 23.1 Å². The predicted molar refractivity (Wildman–Crippen MR) is 83.3 cm³/mol. The molecule has 0 radical (unpaired) electrons. The predicted octanol–water partition coefficient (Wildman–Crippen LogP) is 0.695. The number of aromatic nitrogens is 4. The van der Waals surface area contributed by atoms with Crippen LogP contribution in [0.1, 0.15) is 5.82 Å². The maximum atomic E-state index is 12.1. The zero-order valence-corrected chi connectivity index (χ0v) is 12.4. The van der Waals surface area contributed by atoms with Crippen LogP contribution in [-0.2, 0) is 20.5 Å². The molecule has 112 valence electrons. The van der Waals surface area contributed by atoms with Crippen LogP contribution < -0.4 is 11.2 Å². The lowest BCUT2D eigenvalue weighted by Crippen LogP contribution is -2.36. The Morgan fingerprint density at radius 2 is 2.09 bits per heavy atom. The third kappa shape index (κ3) is 2.54. The van der Waals surface area contributed by atoms with Gasteiger partial charge in [-0.3, -0.25) is 13.9 Å². The van der Waals surface area contributed by atoms with E-state index in [-0.39, 0.29) is 5.52 Å². The average Bonchev–Trinajstić information content (AvgIpc) is 2.93. The molecule has 0 aliphatic carbocycles. The molecule has 0 aromatic carbocycles. The maximum absolute atomic E-state index is 12.1. The number of rotatable bonds is 4. The van der Waals surface area contributed by atoms with E-state index in [4.69, 9.17) is 5.26 Å². The summed E-state index contributed by atoms with van der Waals surface area (Å²) in [5, 5.41) is 8.76. The van der Waals surface area contributed by atoms with Crippen LogP contribution in [0.3, 0.4) is 0 Å². The van der Waals surface area contributed by atoms with Crippen LogP contribution in [0.15, 0.2) is 46.0 Å². The molecule has 7 nitrogen and oxygen atoms in total. The fraction of sp³-hybridized carbons (Fsp3) is 0.200. The summed E-state index contributed by atoms with van der Waals surface area (Å²) in [4.78, 5) is 31.2. The molecule has 7 heteroatoms. The van der Waals surface area contributed by atoms with Gasteiger partial charge in [-0.15, -0.1) is 0 Å². The van der Waals surface area contributed by atoms with Crippen molar-refractivity contribution in [2.24, 2.45) is 14.1 Å². The van der Waals surface area contributed by atoms with Gasteiger partial charge >= 0.3 is 5.69 Å². The summed E-state index contributed by atoms with van der Waals surface area (Å²) in [5.41, 5.74) is 0.727. The van der Waals surface area contributed by atoms with Crippen LogP contribution in [0, 0.1) is 11.3 Å². The topological polar surface area (TPSA) is 96.5 Å². The Hall–Kier alpha value is -3.14. The Morgan fingerprint density at radius 1 is 1.41 bits per heavy atom. The van der Waals surface area contributed by atoms with E-state index in [0.717, 1.165) is 10.1 Å². The van der Waals surface area contributed by atoms with Gasteiger partial charge in [-0.05, 0) is 11.6 Å². The molecule has 2 aromatic rings. The van der Waals surface area contributed by atoms with Crippen molar-refractivity contribution in [1.82, 2.24) is 19.1 Å². The first-order chi connectivity index (χ1) is 10.4. The molecule has 2 rings (SSSR count). The van der Waals surface area contributed by atoms with Crippen molar-refractivity contribution >= 4 is 11.2 Å². The van der Waals surface area contributed by atoms with Gasteiger partial charge in [0.1, 0.15) is 11.3 Å². The summed E-state index contributed by atoms with van der Waals surface area (Å²) in [7, 11) is 2.97. The van der Waals surface area contributed by atoms with Gasteiger partial charge in [-0.2, -0.15) is 5.26 Å². The van der Waals surface area contributed by atoms with Crippen molar-refractivity contribution < 1.29 is 0 Å². The Bertz CT molecular complexity index is 963. The molecule has 0 saturated heterocycles. The van der Waals surface area contributed by atoms with E-state index in [1.54, 1.807) is 19.2 Å². The molecule has 2 heterocycles. The zero-order valence-electron chi connectivity index (χ0n) is 12.4. The zero-order chi connectivity index (χ0) is 16.4. The summed E-state index contributed by atoms with van der Waals surface area (Å²) < 4.78 is 2.33. The van der Waals surface area contributed by atoms with Crippen molar-refractivity contribution in [1.29, 1.82) is 5.26 Å². The summed E-state index contributed by atoms with van der Waals surface area (Å²) >= 11 is 0. The van der Waals surface area contributed by atoms with E-state index in [1.807, 2.05) is 6.07 Å². The van der Waals surface area contributed by atoms with Gasteiger partial charge in [0.25, 0.3) is 5.56 Å². The summed E-state index contributed by atoms with van der Waals surface area (Å²) in [6.45, 7) is 7.26. The molecule has 2 aromatic heterocycles. The summed E-state index contributed by atoms with van der Waals surface area (Å²) in [5.74, 6) is 0.505. The molecule has 0 bridgehead atoms. The minimum absolute atomic E-state index is 0.266. The van der Waals surface area contributed by atoms with Gasteiger partial charge in [-0.25, -0.2) is 9.78 Å². The molecule has 0 saturated carbocycles. The number of imidazole rings is 1. The minimum Gasteiger partial charge on any atom is -0.336 e. The number of hydrogen-bond donors (Lipinski definition) is 1. The molecule has 0 unspecified atom stereocenters. The fourth-order valence-electron chi connectivity index (χ4n) is 2.09. The van der Waals surface area contributed by atoms with E-state index in [9.17, 15) is 9.59 Å². The maximum Gasteiger partial charge on any atom is 0.332 e. The molecule has 0 aliphatic rings. The molecule has 0 amide bonds. The Kier molecular flexibility index (Phi) is 3.95. The third-order valence-electron chi connectivity index (χ3n) is 3.28. The number of fused-ring (bicyclic) bond motifs is 1. The average molecular weight is 297 g/mol. The first kappa shape index (κ1) is 15.3.